The van der Waals surface area contributed by atoms with E-state index < -0.39 is 5.91 Å². The third-order valence-corrected chi connectivity index (χ3v) is 5.72. The van der Waals surface area contributed by atoms with Crippen molar-refractivity contribution in [1.29, 1.82) is 5.26 Å². The number of aryl methyl sites for hydroxylation is 1. The number of aromatic nitrogens is 1. The number of nitrogens with one attached hydrogen (secondary N) is 1. The smallest absolute Gasteiger partial charge is 0.266 e. The van der Waals surface area contributed by atoms with Crippen LogP contribution in [0.25, 0.3) is 22.5 Å². The standard InChI is InChI=1S/C26H20BrN3O/c1-17-13-20(14-21(16-28)26(31)29-23-10-6-9-22(27)15-23)18(2)30(17)25-12-5-8-19-7-3-4-11-24(19)25/h3-15H,1-2H3,(H,29,31)/b21-14-. The van der Waals surface area contributed by atoms with Gasteiger partial charge in [-0.3, -0.25) is 4.79 Å². The molecule has 0 aliphatic carbocycles. The van der Waals surface area contributed by atoms with Crippen LogP contribution in [0.4, 0.5) is 5.69 Å². The van der Waals surface area contributed by atoms with Gasteiger partial charge in [0, 0.05) is 26.9 Å². The number of nitrogens with zero attached hydrogens (tertiary/aromatic N) is 2. The molecule has 1 N–H and O–H groups in total. The lowest BCUT2D eigenvalue weighted by molar-refractivity contribution is -0.112. The number of fused-ring (bicyclic) bond motifs is 1. The Morgan fingerprint density at radius 2 is 1.77 bits per heavy atom. The van der Waals surface area contributed by atoms with Gasteiger partial charge < -0.3 is 9.88 Å². The lowest BCUT2D eigenvalue weighted by Crippen LogP contribution is -2.13. The van der Waals surface area contributed by atoms with Crippen LogP contribution in [-0.2, 0) is 4.79 Å². The van der Waals surface area contributed by atoms with E-state index in [0.717, 1.165) is 37.9 Å². The van der Waals surface area contributed by atoms with Crippen LogP contribution in [0.3, 0.4) is 0 Å². The summed E-state index contributed by atoms with van der Waals surface area (Å²) in [7, 11) is 0. The number of nitriles is 1. The Kier molecular flexibility index (Phi) is 5.75. The third kappa shape index (κ3) is 4.16. The molecule has 4 nitrogen and oxygen atoms in total. The van der Waals surface area contributed by atoms with E-state index in [1.54, 1.807) is 18.2 Å². The molecule has 3 aromatic carbocycles. The molecule has 31 heavy (non-hydrogen) atoms. The maximum absolute atomic E-state index is 12.7. The van der Waals surface area contributed by atoms with Gasteiger partial charge in [-0.1, -0.05) is 58.4 Å². The second-order valence-corrected chi connectivity index (χ2v) is 8.21. The highest BCUT2D eigenvalue weighted by Gasteiger charge is 2.15. The van der Waals surface area contributed by atoms with E-state index in [2.05, 4.69) is 50.1 Å². The maximum Gasteiger partial charge on any atom is 0.266 e. The average molecular weight is 470 g/mol. The van der Waals surface area contributed by atoms with Crippen LogP contribution in [0.2, 0.25) is 0 Å². The molecule has 0 saturated heterocycles. The molecule has 1 aromatic heterocycles. The highest BCUT2D eigenvalue weighted by Crippen LogP contribution is 2.28. The van der Waals surface area contributed by atoms with Crippen molar-refractivity contribution in [3.63, 3.8) is 0 Å². The molecule has 0 aliphatic rings. The first-order valence-electron chi connectivity index (χ1n) is 9.83. The quantitative estimate of drug-likeness (QED) is 0.271. The van der Waals surface area contributed by atoms with Crippen molar-refractivity contribution in [2.45, 2.75) is 13.8 Å². The summed E-state index contributed by atoms with van der Waals surface area (Å²) in [5.41, 5.74) is 4.60. The van der Waals surface area contributed by atoms with Crippen LogP contribution in [0, 0.1) is 25.2 Å². The SMILES string of the molecule is Cc1cc(/C=C(/C#N)C(=O)Nc2cccc(Br)c2)c(C)n1-c1cccc2ccccc12. The summed E-state index contributed by atoms with van der Waals surface area (Å²) in [6.45, 7) is 4.03. The monoisotopic (exact) mass is 469 g/mol. The number of halogens is 1. The zero-order valence-electron chi connectivity index (χ0n) is 17.2. The van der Waals surface area contributed by atoms with Gasteiger partial charge in [-0.05, 0) is 61.2 Å². The van der Waals surface area contributed by atoms with Crippen LogP contribution in [0.15, 0.2) is 82.8 Å². The lowest BCUT2D eigenvalue weighted by atomic mass is 10.1. The minimum absolute atomic E-state index is 0.0538. The molecule has 0 saturated carbocycles. The predicted molar refractivity (Wildman–Crippen MR) is 129 cm³/mol. The Bertz CT molecular complexity index is 1370. The van der Waals surface area contributed by atoms with Crippen molar-refractivity contribution in [2.75, 3.05) is 5.32 Å². The van der Waals surface area contributed by atoms with Gasteiger partial charge in [0.1, 0.15) is 11.6 Å². The third-order valence-electron chi connectivity index (χ3n) is 5.23. The molecule has 0 unspecified atom stereocenters. The normalized spacial score (nSPS) is 11.4. The average Bonchev–Trinajstić information content (AvgIpc) is 3.04. The number of benzene rings is 3. The molecule has 4 rings (SSSR count). The summed E-state index contributed by atoms with van der Waals surface area (Å²) >= 11 is 3.39. The number of anilines is 1. The Morgan fingerprint density at radius 3 is 2.55 bits per heavy atom. The van der Waals surface area contributed by atoms with Crippen LogP contribution < -0.4 is 5.32 Å². The molecule has 0 spiro atoms. The molecular weight excluding hydrogens is 450 g/mol. The summed E-state index contributed by atoms with van der Waals surface area (Å²) in [6.07, 6.45) is 1.65. The second kappa shape index (κ2) is 8.63. The number of carbonyl (C=O) groups excluding carboxylic acids is 1. The summed E-state index contributed by atoms with van der Waals surface area (Å²) in [5.74, 6) is -0.435. The summed E-state index contributed by atoms with van der Waals surface area (Å²) in [5, 5.41) is 14.7. The van der Waals surface area contributed by atoms with E-state index in [1.807, 2.05) is 56.3 Å². The highest BCUT2D eigenvalue weighted by atomic mass is 79.9. The van der Waals surface area contributed by atoms with Gasteiger partial charge in [-0.2, -0.15) is 5.26 Å². The van der Waals surface area contributed by atoms with Gasteiger partial charge in [0.05, 0.1) is 5.69 Å². The summed E-state index contributed by atoms with van der Waals surface area (Å²) in [4.78, 5) is 12.7. The molecule has 5 heteroatoms. The van der Waals surface area contributed by atoms with Crippen molar-refractivity contribution in [3.8, 4) is 11.8 Å². The number of carbonyl (C=O) groups is 1. The van der Waals surface area contributed by atoms with Crippen molar-refractivity contribution in [2.24, 2.45) is 0 Å². The molecule has 0 bridgehead atoms. The fourth-order valence-electron chi connectivity index (χ4n) is 3.78. The Morgan fingerprint density at radius 1 is 1.03 bits per heavy atom. The van der Waals surface area contributed by atoms with E-state index in [9.17, 15) is 10.1 Å². The predicted octanol–water partition coefficient (Wildman–Crippen LogP) is 6.56. The molecule has 0 fully saturated rings. The number of rotatable bonds is 4. The van der Waals surface area contributed by atoms with E-state index in [-0.39, 0.29) is 5.57 Å². The van der Waals surface area contributed by atoms with Gasteiger partial charge in [0.25, 0.3) is 5.91 Å². The Balaban J connectivity index is 1.73. The number of amides is 1. The molecule has 0 aliphatic heterocycles. The first-order chi connectivity index (χ1) is 15.0. The van der Waals surface area contributed by atoms with Gasteiger partial charge in [0.2, 0.25) is 0 Å². The van der Waals surface area contributed by atoms with Crippen molar-refractivity contribution < 1.29 is 4.79 Å². The zero-order chi connectivity index (χ0) is 22.0. The van der Waals surface area contributed by atoms with Crippen LogP contribution in [-0.4, -0.2) is 10.5 Å². The minimum atomic E-state index is -0.435. The zero-order valence-corrected chi connectivity index (χ0v) is 18.8. The second-order valence-electron chi connectivity index (χ2n) is 7.29. The highest BCUT2D eigenvalue weighted by molar-refractivity contribution is 9.10. The van der Waals surface area contributed by atoms with E-state index in [4.69, 9.17) is 0 Å². The molecule has 0 atom stereocenters. The molecule has 1 heterocycles. The van der Waals surface area contributed by atoms with Gasteiger partial charge in [-0.25, -0.2) is 0 Å². The molecule has 152 valence electrons. The molecule has 1 amide bonds. The summed E-state index contributed by atoms with van der Waals surface area (Å²) in [6, 6.07) is 25.8. The van der Waals surface area contributed by atoms with E-state index >= 15 is 0 Å². The van der Waals surface area contributed by atoms with Crippen molar-refractivity contribution in [3.05, 3.63) is 99.8 Å². The van der Waals surface area contributed by atoms with Gasteiger partial charge in [-0.15, -0.1) is 0 Å². The fourth-order valence-corrected chi connectivity index (χ4v) is 4.18. The topological polar surface area (TPSA) is 57.8 Å². The van der Waals surface area contributed by atoms with Gasteiger partial charge >= 0.3 is 0 Å². The largest absolute Gasteiger partial charge is 0.321 e. The Labute approximate surface area is 189 Å². The number of hydrogen-bond acceptors (Lipinski definition) is 2. The first kappa shape index (κ1) is 20.6. The van der Waals surface area contributed by atoms with E-state index in [0.29, 0.717) is 5.69 Å². The Hall–Kier alpha value is -3.62. The molecule has 4 aromatic rings. The van der Waals surface area contributed by atoms with Crippen LogP contribution in [0.5, 0.6) is 0 Å². The number of hydrogen-bond donors (Lipinski definition) is 1. The van der Waals surface area contributed by atoms with Gasteiger partial charge in [0.15, 0.2) is 0 Å². The maximum atomic E-state index is 12.7. The van der Waals surface area contributed by atoms with E-state index in [1.165, 1.54) is 0 Å². The van der Waals surface area contributed by atoms with Crippen LogP contribution in [0.1, 0.15) is 17.0 Å². The van der Waals surface area contributed by atoms with Crippen molar-refractivity contribution >= 4 is 44.4 Å². The molecule has 0 radical (unpaired) electrons. The fraction of sp³-hybridized carbons (Fsp3) is 0.0769. The van der Waals surface area contributed by atoms with Crippen molar-refractivity contribution in [1.82, 2.24) is 4.57 Å². The van der Waals surface area contributed by atoms with Crippen LogP contribution >= 0.6 is 15.9 Å². The first-order valence-corrected chi connectivity index (χ1v) is 10.6. The molecular formula is C26H20BrN3O. The minimum Gasteiger partial charge on any atom is -0.321 e. The lowest BCUT2D eigenvalue weighted by Gasteiger charge is -2.13. The summed E-state index contributed by atoms with van der Waals surface area (Å²) < 4.78 is 3.02.